The summed E-state index contributed by atoms with van der Waals surface area (Å²) in [7, 11) is 0. The highest BCUT2D eigenvalue weighted by Crippen LogP contribution is 2.37. The van der Waals surface area contributed by atoms with Crippen molar-refractivity contribution < 1.29 is 19.1 Å². The maximum absolute atomic E-state index is 13.0. The van der Waals surface area contributed by atoms with Crippen LogP contribution in [0.2, 0.25) is 0 Å². The number of ether oxygens (including phenoxy) is 2. The number of amides is 1. The van der Waals surface area contributed by atoms with Crippen molar-refractivity contribution in [3.63, 3.8) is 0 Å². The summed E-state index contributed by atoms with van der Waals surface area (Å²) in [5, 5.41) is 0. The first-order valence-corrected chi connectivity index (χ1v) is 10.3. The van der Waals surface area contributed by atoms with Crippen LogP contribution in [-0.4, -0.2) is 22.8 Å². The van der Waals surface area contributed by atoms with Gasteiger partial charge in [0.15, 0.2) is 15.8 Å². The molecule has 3 rings (SSSR count). The van der Waals surface area contributed by atoms with Gasteiger partial charge in [-0.2, -0.15) is 0 Å². The molecule has 0 radical (unpaired) electrons. The smallest absolute Gasteiger partial charge is 0.308 e. The van der Waals surface area contributed by atoms with Crippen molar-refractivity contribution >= 4 is 51.9 Å². The molecule has 1 fully saturated rings. The molecule has 0 atom stereocenters. The monoisotopic (exact) mass is 427 g/mol. The first-order chi connectivity index (χ1) is 13.8. The average molecular weight is 428 g/mol. The van der Waals surface area contributed by atoms with Crippen LogP contribution in [0.3, 0.4) is 0 Å². The van der Waals surface area contributed by atoms with Gasteiger partial charge in [0.1, 0.15) is 0 Å². The highest BCUT2D eigenvalue weighted by atomic mass is 32.2. The van der Waals surface area contributed by atoms with Crippen molar-refractivity contribution in [2.75, 3.05) is 11.5 Å². The van der Waals surface area contributed by atoms with Gasteiger partial charge < -0.3 is 9.47 Å². The fourth-order valence-corrected chi connectivity index (χ4v) is 4.13. The van der Waals surface area contributed by atoms with E-state index in [-0.39, 0.29) is 5.91 Å². The topological polar surface area (TPSA) is 55.8 Å². The van der Waals surface area contributed by atoms with E-state index in [9.17, 15) is 9.59 Å². The molecular weight excluding hydrogens is 406 g/mol. The number of rotatable bonds is 5. The average Bonchev–Trinajstić information content (AvgIpc) is 2.93. The maximum Gasteiger partial charge on any atom is 0.308 e. The molecular formula is C22H21NO4S2. The Kier molecular flexibility index (Phi) is 6.39. The second-order valence-electron chi connectivity index (χ2n) is 6.52. The van der Waals surface area contributed by atoms with Crippen molar-refractivity contribution in [3.05, 3.63) is 58.0 Å². The molecule has 0 bridgehead atoms. The number of thioether (sulfide) groups is 1. The van der Waals surface area contributed by atoms with E-state index in [1.807, 2.05) is 39.0 Å². The van der Waals surface area contributed by atoms with E-state index in [2.05, 4.69) is 0 Å². The first-order valence-electron chi connectivity index (χ1n) is 9.10. The summed E-state index contributed by atoms with van der Waals surface area (Å²) in [6.07, 6.45) is 1.76. The molecule has 5 nitrogen and oxygen atoms in total. The Morgan fingerprint density at radius 2 is 1.90 bits per heavy atom. The van der Waals surface area contributed by atoms with E-state index in [1.165, 1.54) is 18.7 Å². The molecule has 0 saturated carbocycles. The predicted octanol–water partition coefficient (Wildman–Crippen LogP) is 5.03. The molecule has 0 N–H and O–H groups in total. The van der Waals surface area contributed by atoms with Crippen LogP contribution in [0.4, 0.5) is 5.69 Å². The zero-order valence-electron chi connectivity index (χ0n) is 16.6. The van der Waals surface area contributed by atoms with E-state index in [0.29, 0.717) is 27.3 Å². The molecule has 1 amide bonds. The zero-order chi connectivity index (χ0) is 21.1. The van der Waals surface area contributed by atoms with Crippen LogP contribution in [0.25, 0.3) is 6.08 Å². The summed E-state index contributed by atoms with van der Waals surface area (Å²) < 4.78 is 11.2. The van der Waals surface area contributed by atoms with Crippen LogP contribution >= 0.6 is 24.0 Å². The van der Waals surface area contributed by atoms with Crippen molar-refractivity contribution in [1.29, 1.82) is 0 Å². The third-order valence-electron chi connectivity index (χ3n) is 4.36. The van der Waals surface area contributed by atoms with Gasteiger partial charge in [-0.1, -0.05) is 36.1 Å². The van der Waals surface area contributed by atoms with Gasteiger partial charge in [-0.3, -0.25) is 14.5 Å². The van der Waals surface area contributed by atoms with Gasteiger partial charge in [-0.25, -0.2) is 0 Å². The quantitative estimate of drug-likeness (QED) is 0.289. The van der Waals surface area contributed by atoms with Gasteiger partial charge in [0.25, 0.3) is 5.91 Å². The highest BCUT2D eigenvalue weighted by molar-refractivity contribution is 8.27. The molecule has 1 heterocycles. The minimum Gasteiger partial charge on any atom is -0.490 e. The normalized spacial score (nSPS) is 15.2. The fraction of sp³-hybridized carbons (Fsp3) is 0.227. The lowest BCUT2D eigenvalue weighted by Crippen LogP contribution is -2.27. The fourth-order valence-electron chi connectivity index (χ4n) is 2.83. The number of hydrogen-bond donors (Lipinski definition) is 0. The van der Waals surface area contributed by atoms with Crippen LogP contribution in [0, 0.1) is 13.8 Å². The van der Waals surface area contributed by atoms with E-state index in [4.69, 9.17) is 21.7 Å². The molecule has 1 saturated heterocycles. The number of benzene rings is 2. The summed E-state index contributed by atoms with van der Waals surface area (Å²) in [5.74, 6) is 0.207. The number of carbonyl (C=O) groups excluding carboxylic acids is 2. The standard InChI is InChI=1S/C22H21NO4S2/c1-5-26-19-11-16(7-9-18(19)27-15(4)24)12-20-21(25)23(22(28)29-20)17-8-6-13(2)14(3)10-17/h6-12H,5H2,1-4H3/b20-12+. The Labute approximate surface area is 179 Å². The van der Waals surface area contributed by atoms with Crippen LogP contribution in [-0.2, 0) is 9.59 Å². The molecule has 1 aliphatic rings. The summed E-state index contributed by atoms with van der Waals surface area (Å²) in [4.78, 5) is 26.3. The molecule has 2 aromatic carbocycles. The molecule has 0 unspecified atom stereocenters. The van der Waals surface area contributed by atoms with E-state index >= 15 is 0 Å². The van der Waals surface area contributed by atoms with E-state index in [0.717, 1.165) is 22.4 Å². The number of carbonyl (C=O) groups is 2. The minimum absolute atomic E-state index is 0.162. The number of thiocarbonyl (C=S) groups is 1. The summed E-state index contributed by atoms with van der Waals surface area (Å²) in [5.41, 5.74) is 3.78. The third-order valence-corrected chi connectivity index (χ3v) is 5.66. The molecule has 0 spiro atoms. The van der Waals surface area contributed by atoms with Gasteiger partial charge in [-0.05, 0) is 67.8 Å². The minimum atomic E-state index is -0.423. The Morgan fingerprint density at radius 1 is 1.14 bits per heavy atom. The lowest BCUT2D eigenvalue weighted by molar-refractivity contribution is -0.132. The van der Waals surface area contributed by atoms with Crippen molar-refractivity contribution in [2.24, 2.45) is 0 Å². The maximum atomic E-state index is 13.0. The van der Waals surface area contributed by atoms with Crippen LogP contribution < -0.4 is 14.4 Å². The number of nitrogens with zero attached hydrogens (tertiary/aromatic N) is 1. The number of esters is 1. The lowest BCUT2D eigenvalue weighted by atomic mass is 10.1. The second kappa shape index (κ2) is 8.80. The zero-order valence-corrected chi connectivity index (χ0v) is 18.3. The molecule has 1 aliphatic heterocycles. The Hall–Kier alpha value is -2.64. The van der Waals surface area contributed by atoms with Gasteiger partial charge in [0.05, 0.1) is 17.2 Å². The van der Waals surface area contributed by atoms with Gasteiger partial charge >= 0.3 is 5.97 Å². The van der Waals surface area contributed by atoms with Crippen LogP contribution in [0.15, 0.2) is 41.3 Å². The van der Waals surface area contributed by atoms with Crippen molar-refractivity contribution in [3.8, 4) is 11.5 Å². The SMILES string of the molecule is CCOc1cc(/C=C2/SC(=S)N(c3ccc(C)c(C)c3)C2=O)ccc1OC(C)=O. The second-order valence-corrected chi connectivity index (χ2v) is 8.19. The Bertz CT molecular complexity index is 1030. The van der Waals surface area contributed by atoms with Crippen LogP contribution in [0.5, 0.6) is 11.5 Å². The molecule has 0 aromatic heterocycles. The van der Waals surface area contributed by atoms with E-state index in [1.54, 1.807) is 29.2 Å². The largest absolute Gasteiger partial charge is 0.490 e. The number of hydrogen-bond acceptors (Lipinski definition) is 6. The van der Waals surface area contributed by atoms with Crippen molar-refractivity contribution in [2.45, 2.75) is 27.7 Å². The Morgan fingerprint density at radius 3 is 2.55 bits per heavy atom. The summed E-state index contributed by atoms with van der Waals surface area (Å²) in [6, 6.07) is 11.0. The van der Waals surface area contributed by atoms with Gasteiger partial charge in [0, 0.05) is 6.92 Å². The van der Waals surface area contributed by atoms with Gasteiger partial charge in [-0.15, -0.1) is 0 Å². The first kappa shape index (κ1) is 21.1. The molecule has 29 heavy (non-hydrogen) atoms. The number of aryl methyl sites for hydroxylation is 2. The van der Waals surface area contributed by atoms with Gasteiger partial charge in [0.2, 0.25) is 0 Å². The summed E-state index contributed by atoms with van der Waals surface area (Å²) >= 11 is 6.71. The van der Waals surface area contributed by atoms with Crippen LogP contribution in [0.1, 0.15) is 30.5 Å². The van der Waals surface area contributed by atoms with Crippen molar-refractivity contribution in [1.82, 2.24) is 0 Å². The predicted molar refractivity (Wildman–Crippen MR) is 120 cm³/mol. The van der Waals surface area contributed by atoms with E-state index < -0.39 is 5.97 Å². The molecule has 7 heteroatoms. The molecule has 150 valence electrons. The third kappa shape index (κ3) is 4.68. The lowest BCUT2D eigenvalue weighted by Gasteiger charge is -2.16. The summed E-state index contributed by atoms with van der Waals surface area (Å²) in [6.45, 7) is 7.64. The molecule has 0 aliphatic carbocycles. The number of anilines is 1. The molecule has 2 aromatic rings. The Balaban J connectivity index is 1.91. The highest BCUT2D eigenvalue weighted by Gasteiger charge is 2.33.